The van der Waals surface area contributed by atoms with Crippen LogP contribution in [0.1, 0.15) is 5.56 Å². The van der Waals surface area contributed by atoms with E-state index in [1.165, 1.54) is 24.6 Å². The molecule has 4 nitrogen and oxygen atoms in total. The summed E-state index contributed by atoms with van der Waals surface area (Å²) in [5, 5.41) is 0. The van der Waals surface area contributed by atoms with Gasteiger partial charge in [0.15, 0.2) is 0 Å². The van der Waals surface area contributed by atoms with E-state index in [-0.39, 0.29) is 5.75 Å². The van der Waals surface area contributed by atoms with Gasteiger partial charge >= 0.3 is 22.0 Å². The van der Waals surface area contributed by atoms with Crippen molar-refractivity contribution in [2.45, 2.75) is 17.6 Å². The highest BCUT2D eigenvalue weighted by Crippen LogP contribution is 2.49. The van der Waals surface area contributed by atoms with Crippen LogP contribution in [-0.2, 0) is 19.5 Å². The van der Waals surface area contributed by atoms with E-state index in [0.29, 0.717) is 5.56 Å². The minimum absolute atomic E-state index is 0.200. The molecule has 1 aromatic rings. The molecular weight excluding hydrogens is 374 g/mol. The Labute approximate surface area is 130 Å². The lowest BCUT2D eigenvalue weighted by molar-refractivity contribution is -0.274. The van der Waals surface area contributed by atoms with Crippen molar-refractivity contribution in [2.24, 2.45) is 0 Å². The van der Waals surface area contributed by atoms with Crippen molar-refractivity contribution < 1.29 is 43.1 Å². The number of hydrogen-bond acceptors (Lipinski definition) is 4. The largest absolute Gasteiger partial charge is 0.573 e. The first kappa shape index (κ1) is 19.9. The summed E-state index contributed by atoms with van der Waals surface area (Å²) in [4.78, 5) is 0. The van der Waals surface area contributed by atoms with Crippen LogP contribution in [0, 0.1) is 0 Å². The van der Waals surface area contributed by atoms with Gasteiger partial charge in [0.05, 0.1) is 0 Å². The standard InChI is InChI=1S/C11H12F6O4S2/c1-22(2,21-23(18,19)11(15,16)17)7-8-3-5-9(6-4-8)20-10(12,13)14/h3-6H,7H2,1-2H3. The molecule has 0 saturated heterocycles. The molecule has 1 rings (SSSR count). The summed E-state index contributed by atoms with van der Waals surface area (Å²) < 4.78 is 103. The van der Waals surface area contributed by atoms with E-state index in [2.05, 4.69) is 8.37 Å². The Morgan fingerprint density at radius 2 is 1.43 bits per heavy atom. The third-order valence-corrected chi connectivity index (χ3v) is 6.01. The van der Waals surface area contributed by atoms with Crippen molar-refractivity contribution in [3.05, 3.63) is 29.8 Å². The fourth-order valence-electron chi connectivity index (χ4n) is 1.49. The maximum Gasteiger partial charge on any atom is 0.573 e. The first-order valence-electron chi connectivity index (χ1n) is 5.69. The molecule has 23 heavy (non-hydrogen) atoms. The summed E-state index contributed by atoms with van der Waals surface area (Å²) in [6.45, 7) is 0. The van der Waals surface area contributed by atoms with Gasteiger partial charge in [0, 0.05) is 5.75 Å². The Morgan fingerprint density at radius 1 is 0.957 bits per heavy atom. The molecule has 0 saturated carbocycles. The summed E-state index contributed by atoms with van der Waals surface area (Å²) in [6.07, 6.45) is -2.48. The molecule has 0 atom stereocenters. The van der Waals surface area contributed by atoms with Crippen molar-refractivity contribution >= 4 is 20.4 Å². The molecule has 12 heteroatoms. The number of hydrogen-bond donors (Lipinski definition) is 0. The van der Waals surface area contributed by atoms with Gasteiger partial charge in [0.1, 0.15) is 5.75 Å². The van der Waals surface area contributed by atoms with Gasteiger partial charge in [0.25, 0.3) is 0 Å². The number of benzene rings is 1. The zero-order valence-electron chi connectivity index (χ0n) is 11.7. The maximum absolute atomic E-state index is 12.3. The zero-order chi connectivity index (χ0) is 18.1. The molecule has 1 aromatic carbocycles. The SMILES string of the molecule is CS(C)(Cc1ccc(OC(F)(F)F)cc1)OS(=O)(=O)C(F)(F)F. The van der Waals surface area contributed by atoms with Crippen molar-refractivity contribution in [2.75, 3.05) is 12.5 Å². The van der Waals surface area contributed by atoms with Crippen LogP contribution in [0.2, 0.25) is 0 Å². The molecule has 0 heterocycles. The second kappa shape index (κ2) is 6.40. The Morgan fingerprint density at radius 3 is 1.83 bits per heavy atom. The Bertz CT molecular complexity index is 634. The van der Waals surface area contributed by atoms with Crippen molar-refractivity contribution in [1.29, 1.82) is 0 Å². The average Bonchev–Trinajstić information content (AvgIpc) is 2.26. The van der Waals surface area contributed by atoms with Crippen LogP contribution in [-0.4, -0.2) is 32.8 Å². The number of ether oxygens (including phenoxy) is 1. The van der Waals surface area contributed by atoms with Crippen LogP contribution in [0.25, 0.3) is 0 Å². The van der Waals surface area contributed by atoms with E-state index >= 15 is 0 Å². The summed E-state index contributed by atoms with van der Waals surface area (Å²) in [5.41, 5.74) is -5.24. The van der Waals surface area contributed by atoms with Crippen molar-refractivity contribution in [3.63, 3.8) is 0 Å². The van der Waals surface area contributed by atoms with Crippen LogP contribution >= 0.6 is 10.3 Å². The van der Waals surface area contributed by atoms with E-state index in [1.807, 2.05) is 0 Å². The minimum atomic E-state index is -5.74. The van der Waals surface area contributed by atoms with Gasteiger partial charge in [-0.1, -0.05) is 12.1 Å². The van der Waals surface area contributed by atoms with Crippen LogP contribution in [0.4, 0.5) is 26.3 Å². The van der Waals surface area contributed by atoms with E-state index in [9.17, 15) is 34.8 Å². The van der Waals surface area contributed by atoms with Gasteiger partial charge in [-0.25, -0.2) is 3.63 Å². The molecular formula is C11H12F6O4S2. The highest BCUT2D eigenvalue weighted by molar-refractivity contribution is 8.31. The van der Waals surface area contributed by atoms with Gasteiger partial charge in [0.2, 0.25) is 0 Å². The van der Waals surface area contributed by atoms with E-state index in [4.69, 9.17) is 0 Å². The maximum atomic E-state index is 12.3. The first-order chi connectivity index (χ1) is 10.1. The average molecular weight is 386 g/mol. The van der Waals surface area contributed by atoms with E-state index < -0.39 is 38.0 Å². The number of halogens is 6. The summed E-state index contributed by atoms with van der Waals surface area (Å²) >= 11 is 0. The predicted molar refractivity (Wildman–Crippen MR) is 72.3 cm³/mol. The molecule has 0 aliphatic heterocycles. The van der Waals surface area contributed by atoms with Gasteiger partial charge in [-0.3, -0.25) is 0 Å². The molecule has 0 fully saturated rings. The molecule has 0 unspecified atom stereocenters. The normalized spacial score (nSPS) is 14.6. The van der Waals surface area contributed by atoms with Crippen LogP contribution in [0.15, 0.2) is 24.3 Å². The molecule has 0 radical (unpaired) electrons. The summed E-state index contributed by atoms with van der Waals surface area (Å²) in [6, 6.07) is 4.30. The number of alkyl halides is 6. The second-order valence-electron chi connectivity index (χ2n) is 4.74. The zero-order valence-corrected chi connectivity index (χ0v) is 13.4. The molecule has 0 aliphatic rings. The van der Waals surface area contributed by atoms with E-state index in [1.54, 1.807) is 0 Å². The van der Waals surface area contributed by atoms with Gasteiger partial charge in [-0.15, -0.1) is 23.5 Å². The topological polar surface area (TPSA) is 52.6 Å². The summed E-state index contributed by atoms with van der Waals surface area (Å²) in [5.74, 6) is -0.702. The predicted octanol–water partition coefficient (Wildman–Crippen LogP) is 3.93. The third-order valence-electron chi connectivity index (χ3n) is 2.23. The van der Waals surface area contributed by atoms with Crippen molar-refractivity contribution in [1.82, 2.24) is 0 Å². The number of rotatable bonds is 5. The molecule has 0 bridgehead atoms. The first-order valence-corrected chi connectivity index (χ1v) is 9.64. The third kappa shape index (κ3) is 6.47. The highest BCUT2D eigenvalue weighted by atomic mass is 32.3. The van der Waals surface area contributed by atoms with Crippen LogP contribution in [0.5, 0.6) is 5.75 Å². The summed E-state index contributed by atoms with van der Waals surface area (Å²) in [7, 11) is -8.44. The van der Waals surface area contributed by atoms with Crippen molar-refractivity contribution in [3.8, 4) is 5.75 Å². The van der Waals surface area contributed by atoms with Gasteiger partial charge in [-0.2, -0.15) is 21.6 Å². The monoisotopic (exact) mass is 386 g/mol. The smallest absolute Gasteiger partial charge is 0.406 e. The Hall–Kier alpha value is -1.14. The van der Waals surface area contributed by atoms with Gasteiger partial charge in [-0.05, 0) is 30.2 Å². The van der Waals surface area contributed by atoms with Crippen LogP contribution < -0.4 is 4.74 Å². The molecule has 134 valence electrons. The molecule has 0 spiro atoms. The molecule has 0 aliphatic carbocycles. The second-order valence-corrected chi connectivity index (χ2v) is 9.82. The molecule has 0 N–H and O–H groups in total. The quantitative estimate of drug-likeness (QED) is 0.568. The van der Waals surface area contributed by atoms with Crippen LogP contribution in [0.3, 0.4) is 0 Å². The Balaban J connectivity index is 2.82. The lowest BCUT2D eigenvalue weighted by Crippen LogP contribution is -2.27. The Kier molecular flexibility index (Phi) is 5.54. The highest BCUT2D eigenvalue weighted by Gasteiger charge is 2.49. The lowest BCUT2D eigenvalue weighted by atomic mass is 10.2. The van der Waals surface area contributed by atoms with E-state index in [0.717, 1.165) is 12.1 Å². The molecule has 0 amide bonds. The lowest BCUT2D eigenvalue weighted by Gasteiger charge is -2.30. The minimum Gasteiger partial charge on any atom is -0.406 e. The van der Waals surface area contributed by atoms with Gasteiger partial charge < -0.3 is 4.74 Å². The fourth-order valence-corrected chi connectivity index (χ4v) is 4.93. The molecule has 0 aromatic heterocycles. The fraction of sp³-hybridized carbons (Fsp3) is 0.455.